The van der Waals surface area contributed by atoms with Crippen molar-refractivity contribution in [3.63, 3.8) is 0 Å². The molecule has 2 N–H and O–H groups in total. The number of aromatic nitrogens is 1. The zero-order valence-corrected chi connectivity index (χ0v) is 10.4. The van der Waals surface area contributed by atoms with E-state index in [4.69, 9.17) is 4.42 Å². The summed E-state index contributed by atoms with van der Waals surface area (Å²) in [6.45, 7) is 5.57. The zero-order chi connectivity index (χ0) is 12.3. The minimum atomic E-state index is -0.295. The van der Waals surface area contributed by atoms with Gasteiger partial charge in [-0.2, -0.15) is 4.98 Å². The van der Waals surface area contributed by atoms with Crippen molar-refractivity contribution in [2.24, 2.45) is 5.41 Å². The Morgan fingerprint density at radius 2 is 2.53 bits per heavy atom. The van der Waals surface area contributed by atoms with Crippen molar-refractivity contribution in [2.75, 3.05) is 18.4 Å². The Balaban J connectivity index is 2.06. The molecule has 1 aromatic rings. The van der Waals surface area contributed by atoms with Crippen LogP contribution in [0.5, 0.6) is 0 Å². The molecule has 5 nitrogen and oxygen atoms in total. The highest BCUT2D eigenvalue weighted by molar-refractivity contribution is 5.94. The van der Waals surface area contributed by atoms with Crippen LogP contribution in [-0.2, 0) is 4.79 Å². The molecule has 1 fully saturated rings. The smallest absolute Gasteiger partial charge is 0.301 e. The van der Waals surface area contributed by atoms with Crippen LogP contribution < -0.4 is 10.6 Å². The summed E-state index contributed by atoms with van der Waals surface area (Å²) in [5, 5.41) is 6.03. The molecule has 1 saturated heterocycles. The molecule has 2 heterocycles. The molecular formula is C12H19N3O2. The summed E-state index contributed by atoms with van der Waals surface area (Å²) in [5.41, 5.74) is 0.478. The Bertz CT molecular complexity index is 394. The lowest BCUT2D eigenvalue weighted by molar-refractivity contribution is -0.125. The fourth-order valence-corrected chi connectivity index (χ4v) is 2.38. The number of rotatable bonds is 4. The largest absolute Gasteiger partial charge is 0.432 e. The van der Waals surface area contributed by atoms with E-state index >= 15 is 0 Å². The maximum absolute atomic E-state index is 12.3. The average Bonchev–Trinajstić information content (AvgIpc) is 2.89. The molecular weight excluding hydrogens is 218 g/mol. The molecule has 17 heavy (non-hydrogen) atoms. The summed E-state index contributed by atoms with van der Waals surface area (Å²) >= 11 is 0. The third-order valence-corrected chi connectivity index (χ3v) is 3.29. The zero-order valence-electron chi connectivity index (χ0n) is 10.4. The van der Waals surface area contributed by atoms with Gasteiger partial charge in [0.05, 0.1) is 11.1 Å². The standard InChI is InChI=1S/C12H19N3O2/c1-3-4-12(5-6-13-8-12)10(16)15-11-14-9(2)7-17-11/h7,13H,3-6,8H2,1-2H3,(H,14,15,16). The molecule has 0 aromatic carbocycles. The summed E-state index contributed by atoms with van der Waals surface area (Å²) in [7, 11) is 0. The van der Waals surface area contributed by atoms with Crippen molar-refractivity contribution in [2.45, 2.75) is 33.1 Å². The average molecular weight is 237 g/mol. The number of hydrogen-bond acceptors (Lipinski definition) is 4. The lowest BCUT2D eigenvalue weighted by Crippen LogP contribution is -2.38. The highest BCUT2D eigenvalue weighted by Crippen LogP contribution is 2.32. The van der Waals surface area contributed by atoms with Crippen molar-refractivity contribution in [1.29, 1.82) is 0 Å². The predicted octanol–water partition coefficient (Wildman–Crippen LogP) is 1.70. The number of nitrogens with zero attached hydrogens (tertiary/aromatic N) is 1. The molecule has 94 valence electrons. The topological polar surface area (TPSA) is 67.2 Å². The Kier molecular flexibility index (Phi) is 3.47. The first-order valence-corrected chi connectivity index (χ1v) is 6.10. The monoisotopic (exact) mass is 237 g/mol. The van der Waals surface area contributed by atoms with Gasteiger partial charge in [0.25, 0.3) is 0 Å². The van der Waals surface area contributed by atoms with Crippen LogP contribution in [0.3, 0.4) is 0 Å². The van der Waals surface area contributed by atoms with Crippen molar-refractivity contribution < 1.29 is 9.21 Å². The number of aryl methyl sites for hydroxylation is 1. The highest BCUT2D eigenvalue weighted by Gasteiger charge is 2.40. The maximum atomic E-state index is 12.3. The molecule has 1 aliphatic rings. The summed E-state index contributed by atoms with van der Waals surface area (Å²) in [6, 6.07) is 0.301. The minimum absolute atomic E-state index is 0.0196. The molecule has 5 heteroatoms. The molecule has 1 amide bonds. The second-order valence-corrected chi connectivity index (χ2v) is 4.71. The first-order chi connectivity index (χ1) is 8.16. The van der Waals surface area contributed by atoms with Gasteiger partial charge in [-0.15, -0.1) is 0 Å². The number of carbonyl (C=O) groups is 1. The Hall–Kier alpha value is -1.36. The minimum Gasteiger partial charge on any atom is -0.432 e. The Morgan fingerprint density at radius 1 is 1.71 bits per heavy atom. The maximum Gasteiger partial charge on any atom is 0.301 e. The van der Waals surface area contributed by atoms with E-state index in [1.54, 1.807) is 0 Å². The second-order valence-electron chi connectivity index (χ2n) is 4.71. The van der Waals surface area contributed by atoms with E-state index in [0.717, 1.165) is 38.0 Å². The molecule has 1 unspecified atom stereocenters. The second kappa shape index (κ2) is 4.87. The van der Waals surface area contributed by atoms with Crippen molar-refractivity contribution >= 4 is 11.9 Å². The molecule has 1 aliphatic heterocycles. The predicted molar refractivity (Wildman–Crippen MR) is 64.7 cm³/mol. The summed E-state index contributed by atoms with van der Waals surface area (Å²) in [4.78, 5) is 16.4. The van der Waals surface area contributed by atoms with E-state index in [1.807, 2.05) is 6.92 Å². The quantitative estimate of drug-likeness (QED) is 0.836. The van der Waals surface area contributed by atoms with Gasteiger partial charge in [-0.25, -0.2) is 0 Å². The Labute approximate surface area is 101 Å². The number of oxazole rings is 1. The van der Waals surface area contributed by atoms with Crippen molar-refractivity contribution in [3.05, 3.63) is 12.0 Å². The lowest BCUT2D eigenvalue weighted by atomic mass is 9.81. The molecule has 0 bridgehead atoms. The van der Waals surface area contributed by atoms with Gasteiger partial charge in [-0.05, 0) is 26.3 Å². The van der Waals surface area contributed by atoms with Gasteiger partial charge in [0.15, 0.2) is 0 Å². The van der Waals surface area contributed by atoms with Crippen LogP contribution in [0.2, 0.25) is 0 Å². The van der Waals surface area contributed by atoms with E-state index in [-0.39, 0.29) is 11.3 Å². The van der Waals surface area contributed by atoms with E-state index in [2.05, 4.69) is 22.5 Å². The third kappa shape index (κ3) is 2.49. The fraction of sp³-hybridized carbons (Fsp3) is 0.667. The lowest BCUT2D eigenvalue weighted by Gasteiger charge is -2.25. The van der Waals surface area contributed by atoms with E-state index in [0.29, 0.717) is 6.01 Å². The van der Waals surface area contributed by atoms with E-state index in [9.17, 15) is 4.79 Å². The first-order valence-electron chi connectivity index (χ1n) is 6.10. The Morgan fingerprint density at radius 3 is 3.06 bits per heavy atom. The first kappa shape index (κ1) is 12.1. The van der Waals surface area contributed by atoms with Crippen LogP contribution in [0.1, 0.15) is 31.9 Å². The fourth-order valence-electron chi connectivity index (χ4n) is 2.38. The molecule has 1 aromatic heterocycles. The number of anilines is 1. The number of hydrogen-bond donors (Lipinski definition) is 2. The molecule has 0 radical (unpaired) electrons. The summed E-state index contributed by atoms with van der Waals surface area (Å²) in [5.74, 6) is 0.0196. The van der Waals surface area contributed by atoms with Crippen molar-refractivity contribution in [1.82, 2.24) is 10.3 Å². The summed E-state index contributed by atoms with van der Waals surface area (Å²) < 4.78 is 5.15. The molecule has 1 atom stereocenters. The van der Waals surface area contributed by atoms with Crippen LogP contribution in [0.15, 0.2) is 10.7 Å². The number of carbonyl (C=O) groups excluding carboxylic acids is 1. The van der Waals surface area contributed by atoms with Gasteiger partial charge in [-0.3, -0.25) is 10.1 Å². The summed E-state index contributed by atoms with van der Waals surface area (Å²) in [6.07, 6.45) is 4.31. The van der Waals surface area contributed by atoms with Gasteiger partial charge in [0.2, 0.25) is 5.91 Å². The van der Waals surface area contributed by atoms with Gasteiger partial charge in [-0.1, -0.05) is 13.3 Å². The van der Waals surface area contributed by atoms with Crippen LogP contribution in [0.4, 0.5) is 6.01 Å². The molecule has 0 aliphatic carbocycles. The molecule has 0 saturated carbocycles. The van der Waals surface area contributed by atoms with Gasteiger partial charge >= 0.3 is 6.01 Å². The van der Waals surface area contributed by atoms with E-state index in [1.165, 1.54) is 6.26 Å². The van der Waals surface area contributed by atoms with Crippen LogP contribution in [0.25, 0.3) is 0 Å². The molecule has 2 rings (SSSR count). The van der Waals surface area contributed by atoms with Gasteiger partial charge in [0, 0.05) is 6.54 Å². The SMILES string of the molecule is CCCC1(C(=O)Nc2nc(C)co2)CCNC1. The van der Waals surface area contributed by atoms with Crippen LogP contribution in [0, 0.1) is 12.3 Å². The number of amides is 1. The van der Waals surface area contributed by atoms with Gasteiger partial charge in [0.1, 0.15) is 6.26 Å². The van der Waals surface area contributed by atoms with Crippen molar-refractivity contribution in [3.8, 4) is 0 Å². The number of nitrogens with one attached hydrogen (secondary N) is 2. The highest BCUT2D eigenvalue weighted by atomic mass is 16.4. The third-order valence-electron chi connectivity index (χ3n) is 3.29. The van der Waals surface area contributed by atoms with Crippen LogP contribution in [-0.4, -0.2) is 24.0 Å². The van der Waals surface area contributed by atoms with Crippen LogP contribution >= 0.6 is 0 Å². The van der Waals surface area contributed by atoms with Gasteiger partial charge < -0.3 is 9.73 Å². The molecule has 0 spiro atoms. The van der Waals surface area contributed by atoms with E-state index < -0.39 is 0 Å². The normalized spacial score (nSPS) is 23.9.